The van der Waals surface area contributed by atoms with Gasteiger partial charge in [0.2, 0.25) is 0 Å². The lowest BCUT2D eigenvalue weighted by Gasteiger charge is -2.32. The number of hydrogen-bond donors (Lipinski definition) is 0. The van der Waals surface area contributed by atoms with E-state index in [1.807, 2.05) is 25.1 Å². The molecule has 1 aliphatic carbocycles. The van der Waals surface area contributed by atoms with E-state index in [1.54, 1.807) is 12.2 Å². The molecule has 0 atom stereocenters. The zero-order valence-corrected chi connectivity index (χ0v) is 14.1. The molecule has 0 amide bonds. The summed E-state index contributed by atoms with van der Waals surface area (Å²) in [5, 5.41) is 0. The molecule has 0 unspecified atom stereocenters. The van der Waals surface area contributed by atoms with E-state index in [2.05, 4.69) is 15.9 Å². The topological polar surface area (TPSA) is 46.6 Å². The maximum absolute atomic E-state index is 12.9. The highest BCUT2D eigenvalue weighted by atomic mass is 79.9. The number of ether oxygens (including phenoxy) is 1. The first kappa shape index (κ1) is 14.7. The van der Waals surface area contributed by atoms with E-state index in [0.717, 1.165) is 22.9 Å². The minimum Gasteiger partial charge on any atom is -0.488 e. The second kappa shape index (κ2) is 5.50. The van der Waals surface area contributed by atoms with Crippen LogP contribution in [-0.4, -0.2) is 21.6 Å². The summed E-state index contributed by atoms with van der Waals surface area (Å²) in [5.41, 5.74) is 1.59. The molecule has 2 aliphatic rings. The van der Waals surface area contributed by atoms with Crippen molar-refractivity contribution in [1.29, 1.82) is 0 Å². The van der Waals surface area contributed by atoms with Crippen LogP contribution >= 0.6 is 15.9 Å². The van der Waals surface area contributed by atoms with Crippen molar-refractivity contribution in [2.75, 3.05) is 17.5 Å². The van der Waals surface area contributed by atoms with Crippen LogP contribution in [0.1, 0.15) is 18.4 Å². The summed E-state index contributed by atoms with van der Waals surface area (Å²) in [5.74, 6) is 0.593. The Morgan fingerprint density at radius 3 is 2.81 bits per heavy atom. The molecule has 0 saturated carbocycles. The molecule has 0 bridgehead atoms. The quantitative estimate of drug-likeness (QED) is 0.800. The molecular weight excluding hydrogens is 354 g/mol. The van der Waals surface area contributed by atoms with Gasteiger partial charge in [-0.05, 0) is 59.5 Å². The average Bonchev–Trinajstić information content (AvgIpc) is 2.47. The first-order chi connectivity index (χ1) is 10.00. The van der Waals surface area contributed by atoms with E-state index in [1.165, 1.54) is 4.31 Å². The summed E-state index contributed by atoms with van der Waals surface area (Å²) in [6.45, 7) is 2.62. The number of sulfonamides is 1. The van der Waals surface area contributed by atoms with Gasteiger partial charge in [0.05, 0.1) is 21.6 Å². The summed E-state index contributed by atoms with van der Waals surface area (Å²) in [4.78, 5) is 0.374. The first-order valence-corrected chi connectivity index (χ1v) is 9.06. The largest absolute Gasteiger partial charge is 0.488 e. The Bertz CT molecular complexity index is 738. The predicted molar refractivity (Wildman–Crippen MR) is 87.1 cm³/mol. The van der Waals surface area contributed by atoms with Crippen LogP contribution < -0.4 is 9.04 Å². The highest BCUT2D eigenvalue weighted by Gasteiger charge is 2.32. The first-order valence-electron chi connectivity index (χ1n) is 6.82. The van der Waals surface area contributed by atoms with E-state index < -0.39 is 10.0 Å². The molecule has 0 saturated heterocycles. The fraction of sp³-hybridized carbons (Fsp3) is 0.333. The number of rotatable bonds is 2. The van der Waals surface area contributed by atoms with Crippen molar-refractivity contribution in [2.45, 2.75) is 19.8 Å². The maximum Gasteiger partial charge on any atom is 0.264 e. The van der Waals surface area contributed by atoms with Gasteiger partial charge < -0.3 is 4.74 Å². The Morgan fingerprint density at radius 2 is 2.10 bits per heavy atom. The molecule has 1 aromatic rings. The van der Waals surface area contributed by atoms with Crippen LogP contribution in [0.25, 0.3) is 0 Å². The molecule has 0 N–H and O–H groups in total. The number of fused-ring (bicyclic) bond motifs is 1. The van der Waals surface area contributed by atoms with Gasteiger partial charge in [-0.3, -0.25) is 4.31 Å². The number of hydrogen-bond acceptors (Lipinski definition) is 3. The Hall–Kier alpha value is -1.27. The van der Waals surface area contributed by atoms with Crippen molar-refractivity contribution in [3.8, 4) is 5.75 Å². The monoisotopic (exact) mass is 369 g/mol. The predicted octanol–water partition coefficient (Wildman–Crippen LogP) is 3.52. The normalized spacial score (nSPS) is 18.0. The van der Waals surface area contributed by atoms with E-state index in [-0.39, 0.29) is 0 Å². The van der Waals surface area contributed by atoms with Crippen LogP contribution in [-0.2, 0) is 10.0 Å². The summed E-state index contributed by atoms with van der Waals surface area (Å²) in [6, 6.07) is 3.78. The smallest absolute Gasteiger partial charge is 0.264 e. The molecule has 0 spiro atoms. The van der Waals surface area contributed by atoms with Crippen molar-refractivity contribution >= 4 is 31.6 Å². The molecule has 0 aromatic heterocycles. The highest BCUT2D eigenvalue weighted by Crippen LogP contribution is 2.41. The lowest BCUT2D eigenvalue weighted by atomic mass is 10.2. The second-order valence-electron chi connectivity index (χ2n) is 5.11. The molecule has 1 aliphatic heterocycles. The zero-order valence-electron chi connectivity index (χ0n) is 11.7. The Labute approximate surface area is 133 Å². The standard InChI is InChI=1S/C15H16BrNO3S/c1-11-9-13(16)15-14(10-11)17(7-8-20-15)21(18,19)12-5-3-2-4-6-12/h3,5-6,9-10H,2,4,7-8H2,1H3. The molecule has 3 rings (SSSR count). The third-order valence-electron chi connectivity index (χ3n) is 3.53. The van der Waals surface area contributed by atoms with Crippen LogP contribution in [0.4, 0.5) is 5.69 Å². The molecule has 1 aromatic carbocycles. The van der Waals surface area contributed by atoms with E-state index in [0.29, 0.717) is 29.5 Å². The van der Waals surface area contributed by atoms with Crippen molar-refractivity contribution < 1.29 is 13.2 Å². The van der Waals surface area contributed by atoms with Crippen LogP contribution in [0.15, 0.2) is 39.7 Å². The number of halogens is 1. The van der Waals surface area contributed by atoms with Gasteiger partial charge in [0.15, 0.2) is 5.75 Å². The fourth-order valence-corrected chi connectivity index (χ4v) is 4.79. The SMILES string of the molecule is Cc1cc(Br)c2c(c1)N(S(=O)(=O)C1=CCCC=C1)CCO2. The van der Waals surface area contributed by atoms with Crippen LogP contribution in [0, 0.1) is 6.92 Å². The van der Waals surface area contributed by atoms with Crippen LogP contribution in [0.2, 0.25) is 0 Å². The Balaban J connectivity index is 2.10. The highest BCUT2D eigenvalue weighted by molar-refractivity contribution is 9.10. The number of aryl methyl sites for hydroxylation is 1. The average molecular weight is 370 g/mol. The van der Waals surface area contributed by atoms with E-state index in [9.17, 15) is 8.42 Å². The fourth-order valence-electron chi connectivity index (χ4n) is 2.55. The van der Waals surface area contributed by atoms with Crippen molar-refractivity contribution in [1.82, 2.24) is 0 Å². The number of allylic oxidation sites excluding steroid dienone is 3. The summed E-state index contributed by atoms with van der Waals surface area (Å²) in [7, 11) is -3.53. The lowest BCUT2D eigenvalue weighted by Crippen LogP contribution is -2.38. The van der Waals surface area contributed by atoms with Crippen molar-refractivity contribution in [2.24, 2.45) is 0 Å². The van der Waals surface area contributed by atoms with E-state index >= 15 is 0 Å². The number of nitrogens with zero attached hydrogens (tertiary/aromatic N) is 1. The third kappa shape index (κ3) is 2.62. The minimum absolute atomic E-state index is 0.330. The molecule has 6 heteroatoms. The molecular formula is C15H16BrNO3S. The van der Waals surface area contributed by atoms with Gasteiger partial charge in [-0.15, -0.1) is 0 Å². The lowest BCUT2D eigenvalue weighted by molar-refractivity contribution is 0.314. The third-order valence-corrected chi connectivity index (χ3v) is 5.97. The number of benzene rings is 1. The summed E-state index contributed by atoms with van der Waals surface area (Å²) >= 11 is 3.45. The Morgan fingerprint density at radius 1 is 1.29 bits per heavy atom. The second-order valence-corrected chi connectivity index (χ2v) is 7.82. The Kier molecular flexibility index (Phi) is 3.84. The van der Waals surface area contributed by atoms with E-state index in [4.69, 9.17) is 4.74 Å². The molecule has 0 radical (unpaired) electrons. The molecule has 112 valence electrons. The summed E-state index contributed by atoms with van der Waals surface area (Å²) < 4.78 is 33.6. The van der Waals surface area contributed by atoms with Crippen molar-refractivity contribution in [3.05, 3.63) is 45.3 Å². The van der Waals surface area contributed by atoms with Gasteiger partial charge in [-0.25, -0.2) is 8.42 Å². The van der Waals surface area contributed by atoms with Gasteiger partial charge in [0.1, 0.15) is 6.61 Å². The van der Waals surface area contributed by atoms with Gasteiger partial charge >= 0.3 is 0 Å². The number of anilines is 1. The van der Waals surface area contributed by atoms with Gasteiger partial charge in [-0.1, -0.05) is 12.2 Å². The molecule has 4 nitrogen and oxygen atoms in total. The van der Waals surface area contributed by atoms with Crippen LogP contribution in [0.5, 0.6) is 5.75 Å². The zero-order chi connectivity index (χ0) is 15.0. The van der Waals surface area contributed by atoms with Crippen LogP contribution in [0.3, 0.4) is 0 Å². The van der Waals surface area contributed by atoms with Gasteiger partial charge in [-0.2, -0.15) is 0 Å². The van der Waals surface area contributed by atoms with Gasteiger partial charge in [0, 0.05) is 0 Å². The molecule has 1 heterocycles. The minimum atomic E-state index is -3.53. The molecule has 0 fully saturated rings. The molecule has 21 heavy (non-hydrogen) atoms. The maximum atomic E-state index is 12.9. The van der Waals surface area contributed by atoms with Crippen molar-refractivity contribution in [3.63, 3.8) is 0 Å². The van der Waals surface area contributed by atoms with Gasteiger partial charge in [0.25, 0.3) is 10.0 Å². The summed E-state index contributed by atoms with van der Waals surface area (Å²) in [6.07, 6.45) is 7.04.